The van der Waals surface area contributed by atoms with Gasteiger partial charge in [0.1, 0.15) is 5.75 Å². The van der Waals surface area contributed by atoms with Gasteiger partial charge in [0.25, 0.3) is 0 Å². The summed E-state index contributed by atoms with van der Waals surface area (Å²) in [6, 6.07) is 5.93. The first-order chi connectivity index (χ1) is 11.4. The minimum Gasteiger partial charge on any atom is -0.508 e. The van der Waals surface area contributed by atoms with Crippen molar-refractivity contribution in [1.82, 2.24) is 0 Å². The van der Waals surface area contributed by atoms with Crippen LogP contribution in [-0.4, -0.2) is 27.0 Å². The predicted molar refractivity (Wildman–Crippen MR) is 91.9 cm³/mol. The number of fused-ring (bicyclic) bond motifs is 3. The van der Waals surface area contributed by atoms with Gasteiger partial charge >= 0.3 is 0 Å². The fourth-order valence-electron chi connectivity index (χ4n) is 7.57. The summed E-state index contributed by atoms with van der Waals surface area (Å²) in [7, 11) is 0. The van der Waals surface area contributed by atoms with E-state index in [1.54, 1.807) is 0 Å². The molecule has 4 aliphatic rings. The first kappa shape index (κ1) is 15.2. The zero-order valence-electron chi connectivity index (χ0n) is 14.5. The van der Waals surface area contributed by atoms with Crippen molar-refractivity contribution in [1.29, 1.82) is 0 Å². The van der Waals surface area contributed by atoms with Crippen LogP contribution in [0.1, 0.15) is 68.9 Å². The lowest BCUT2D eigenvalue weighted by molar-refractivity contribution is -0.224. The largest absolute Gasteiger partial charge is 0.508 e. The van der Waals surface area contributed by atoms with E-state index in [2.05, 4.69) is 13.0 Å². The molecule has 3 N–H and O–H groups in total. The maximum Gasteiger partial charge on any atom is 0.115 e. The number of aliphatic hydroxyl groups excluding tert-OH is 1. The van der Waals surface area contributed by atoms with Crippen molar-refractivity contribution < 1.29 is 15.3 Å². The Labute approximate surface area is 143 Å². The lowest BCUT2D eigenvalue weighted by Gasteiger charge is -2.64. The van der Waals surface area contributed by atoms with Crippen molar-refractivity contribution in [2.24, 2.45) is 16.7 Å². The van der Waals surface area contributed by atoms with Crippen LogP contribution >= 0.6 is 0 Å². The Bertz CT molecular complexity index is 696. The molecule has 3 fully saturated rings. The second kappa shape index (κ2) is 4.56. The summed E-state index contributed by atoms with van der Waals surface area (Å²) >= 11 is 0. The summed E-state index contributed by atoms with van der Waals surface area (Å²) in [4.78, 5) is 0. The van der Waals surface area contributed by atoms with Gasteiger partial charge in [0, 0.05) is 5.41 Å². The van der Waals surface area contributed by atoms with Crippen LogP contribution in [0.25, 0.3) is 0 Å². The van der Waals surface area contributed by atoms with Crippen LogP contribution in [0, 0.1) is 16.7 Å². The van der Waals surface area contributed by atoms with E-state index in [1.165, 1.54) is 11.1 Å². The Morgan fingerprint density at radius 3 is 2.71 bits per heavy atom. The normalized spacial score (nSPS) is 49.2. The molecular weight excluding hydrogens is 300 g/mol. The van der Waals surface area contributed by atoms with Gasteiger partial charge < -0.3 is 15.3 Å². The summed E-state index contributed by atoms with van der Waals surface area (Å²) < 4.78 is 0. The standard InChI is InChI=1S/C21H28O3/c1-19-8-6-16-15-4-3-14(22)12-13(15)2-5-17(16)20(19)9-7-18(23)21(19,24)11-10-20/h3-4,12,16-18,22-24H,2,5-11H2,1H3/t16-,17-,18+,19+,20+,21-/m1/s1. The zero-order chi connectivity index (χ0) is 16.7. The van der Waals surface area contributed by atoms with Crippen LogP contribution in [-0.2, 0) is 6.42 Å². The Kier molecular flexibility index (Phi) is 2.89. The van der Waals surface area contributed by atoms with Gasteiger partial charge in [0.15, 0.2) is 0 Å². The molecule has 1 aromatic carbocycles. The summed E-state index contributed by atoms with van der Waals surface area (Å²) in [6.07, 6.45) is 7.36. The van der Waals surface area contributed by atoms with E-state index in [0.29, 0.717) is 17.6 Å². The smallest absolute Gasteiger partial charge is 0.115 e. The monoisotopic (exact) mass is 328 g/mol. The molecule has 0 spiro atoms. The van der Waals surface area contributed by atoms with Gasteiger partial charge in [-0.25, -0.2) is 0 Å². The number of hydrogen-bond acceptors (Lipinski definition) is 3. The maximum atomic E-state index is 11.4. The average Bonchev–Trinajstić information content (AvgIpc) is 2.72. The third-order valence-corrected chi connectivity index (χ3v) is 8.82. The molecule has 6 atom stereocenters. The van der Waals surface area contributed by atoms with Gasteiger partial charge in [-0.05, 0) is 91.9 Å². The molecule has 0 saturated heterocycles. The molecule has 4 aliphatic carbocycles. The van der Waals surface area contributed by atoms with Crippen LogP contribution in [0.4, 0.5) is 0 Å². The van der Waals surface area contributed by atoms with E-state index in [0.717, 1.165) is 51.4 Å². The molecule has 0 heterocycles. The molecule has 0 radical (unpaired) electrons. The lowest BCUT2D eigenvalue weighted by atomic mass is 9.42. The molecule has 5 rings (SSSR count). The van der Waals surface area contributed by atoms with Gasteiger partial charge in [0.2, 0.25) is 0 Å². The Morgan fingerprint density at radius 1 is 1.04 bits per heavy atom. The molecule has 130 valence electrons. The van der Waals surface area contributed by atoms with E-state index in [1.807, 2.05) is 12.1 Å². The Hall–Kier alpha value is -1.06. The highest BCUT2D eigenvalue weighted by atomic mass is 16.3. The third kappa shape index (κ3) is 1.52. The van der Waals surface area contributed by atoms with Crippen LogP contribution in [0.5, 0.6) is 5.75 Å². The van der Waals surface area contributed by atoms with E-state index >= 15 is 0 Å². The minimum atomic E-state index is -0.883. The zero-order valence-corrected chi connectivity index (χ0v) is 14.5. The molecule has 3 saturated carbocycles. The fraction of sp³-hybridized carbons (Fsp3) is 0.714. The maximum absolute atomic E-state index is 11.4. The van der Waals surface area contributed by atoms with Crippen LogP contribution in [0.3, 0.4) is 0 Å². The van der Waals surface area contributed by atoms with E-state index in [-0.39, 0.29) is 10.8 Å². The third-order valence-electron chi connectivity index (χ3n) is 8.82. The van der Waals surface area contributed by atoms with Gasteiger partial charge in [-0.2, -0.15) is 0 Å². The summed E-state index contributed by atoms with van der Waals surface area (Å²) in [5, 5.41) is 31.8. The van der Waals surface area contributed by atoms with Crippen molar-refractivity contribution in [3.05, 3.63) is 29.3 Å². The predicted octanol–water partition coefficient (Wildman–Crippen LogP) is 3.50. The molecule has 2 bridgehead atoms. The molecule has 3 heteroatoms. The lowest BCUT2D eigenvalue weighted by Crippen LogP contribution is -2.64. The fourth-order valence-corrected chi connectivity index (χ4v) is 7.57. The van der Waals surface area contributed by atoms with Crippen molar-refractivity contribution in [3.8, 4) is 5.75 Å². The topological polar surface area (TPSA) is 60.7 Å². The number of aryl methyl sites for hydroxylation is 1. The number of aromatic hydroxyl groups is 1. The van der Waals surface area contributed by atoms with Crippen molar-refractivity contribution in [2.45, 2.75) is 75.9 Å². The van der Waals surface area contributed by atoms with Gasteiger partial charge in [0.05, 0.1) is 11.7 Å². The van der Waals surface area contributed by atoms with Gasteiger partial charge in [-0.1, -0.05) is 13.0 Å². The van der Waals surface area contributed by atoms with E-state index in [4.69, 9.17) is 0 Å². The van der Waals surface area contributed by atoms with Crippen LogP contribution < -0.4 is 0 Å². The van der Waals surface area contributed by atoms with E-state index in [9.17, 15) is 15.3 Å². The molecule has 1 aromatic rings. The molecule has 3 nitrogen and oxygen atoms in total. The molecule has 0 aromatic heterocycles. The summed E-state index contributed by atoms with van der Waals surface area (Å²) in [5.41, 5.74) is 1.90. The highest BCUT2D eigenvalue weighted by Crippen LogP contribution is 2.75. The number of hydrogen-bond donors (Lipinski definition) is 3. The molecule has 0 unspecified atom stereocenters. The minimum absolute atomic E-state index is 0.146. The first-order valence-corrected chi connectivity index (χ1v) is 9.64. The highest BCUT2D eigenvalue weighted by molar-refractivity contribution is 5.41. The molecular formula is C21H28O3. The van der Waals surface area contributed by atoms with Gasteiger partial charge in [-0.3, -0.25) is 0 Å². The van der Waals surface area contributed by atoms with Crippen molar-refractivity contribution in [3.63, 3.8) is 0 Å². The Morgan fingerprint density at radius 2 is 1.88 bits per heavy atom. The summed E-state index contributed by atoms with van der Waals surface area (Å²) in [5.74, 6) is 1.54. The second-order valence-corrected chi connectivity index (χ2v) is 9.14. The molecule has 24 heavy (non-hydrogen) atoms. The SMILES string of the molecule is C[C@]12CC[C@@H]3c4ccc(O)cc4CC[C@H]3[C@@]13CC[C@H](O)[C@]2(O)CC3. The van der Waals surface area contributed by atoms with Crippen LogP contribution in [0.2, 0.25) is 0 Å². The number of phenols is 1. The van der Waals surface area contributed by atoms with Crippen molar-refractivity contribution >= 4 is 0 Å². The molecule has 0 amide bonds. The molecule has 0 aliphatic heterocycles. The number of benzene rings is 1. The first-order valence-electron chi connectivity index (χ1n) is 9.64. The summed E-state index contributed by atoms with van der Waals surface area (Å²) in [6.45, 7) is 2.27. The van der Waals surface area contributed by atoms with Crippen LogP contribution in [0.15, 0.2) is 18.2 Å². The Balaban J connectivity index is 1.61. The number of rotatable bonds is 0. The van der Waals surface area contributed by atoms with E-state index < -0.39 is 11.7 Å². The van der Waals surface area contributed by atoms with Gasteiger partial charge in [-0.15, -0.1) is 0 Å². The number of aliphatic hydroxyl groups is 2. The second-order valence-electron chi connectivity index (χ2n) is 9.14. The highest BCUT2D eigenvalue weighted by Gasteiger charge is 2.73. The van der Waals surface area contributed by atoms with Crippen molar-refractivity contribution in [2.75, 3.05) is 0 Å². The quantitative estimate of drug-likeness (QED) is 0.683. The average molecular weight is 328 g/mol. The number of phenolic OH excluding ortho intramolecular Hbond substituents is 1.